The quantitative estimate of drug-likeness (QED) is 0.753. The van der Waals surface area contributed by atoms with E-state index in [1.54, 1.807) is 6.07 Å². The summed E-state index contributed by atoms with van der Waals surface area (Å²) in [7, 11) is 0. The monoisotopic (exact) mass is 324 g/mol. The Bertz CT molecular complexity index is 866. The summed E-state index contributed by atoms with van der Waals surface area (Å²) < 4.78 is 5.17. The molecule has 0 radical (unpaired) electrons. The Balaban J connectivity index is 1.95. The third-order valence-corrected chi connectivity index (χ3v) is 3.93. The van der Waals surface area contributed by atoms with Crippen molar-refractivity contribution in [2.75, 3.05) is 11.9 Å². The van der Waals surface area contributed by atoms with Gasteiger partial charge < -0.3 is 15.2 Å². The molecule has 0 bridgehead atoms. The minimum absolute atomic E-state index is 0.100. The van der Waals surface area contributed by atoms with E-state index in [2.05, 4.69) is 20.8 Å². The normalized spacial score (nSPS) is 10.8. The van der Waals surface area contributed by atoms with Crippen LogP contribution in [0.5, 0.6) is 0 Å². The van der Waals surface area contributed by atoms with Gasteiger partial charge in [0, 0.05) is 24.0 Å². The Morgan fingerprint density at radius 3 is 2.75 bits per heavy atom. The van der Waals surface area contributed by atoms with Gasteiger partial charge in [0.1, 0.15) is 11.6 Å². The minimum atomic E-state index is -0.100. The van der Waals surface area contributed by atoms with Gasteiger partial charge >= 0.3 is 0 Å². The van der Waals surface area contributed by atoms with E-state index in [4.69, 9.17) is 4.52 Å². The number of nitrogens with zero attached hydrogens (tertiary/aromatic N) is 2. The van der Waals surface area contributed by atoms with Crippen LogP contribution in [0.1, 0.15) is 34.3 Å². The van der Waals surface area contributed by atoms with Crippen molar-refractivity contribution >= 4 is 22.6 Å². The summed E-state index contributed by atoms with van der Waals surface area (Å²) in [5.74, 6) is 1.33. The SMILES string of the molecule is CCNC(=O)c1cc(NCc2c(C)noc2C)nc2ccccc12. The summed E-state index contributed by atoms with van der Waals surface area (Å²) in [4.78, 5) is 17.0. The largest absolute Gasteiger partial charge is 0.366 e. The Labute approximate surface area is 140 Å². The molecule has 0 aliphatic carbocycles. The number of rotatable bonds is 5. The smallest absolute Gasteiger partial charge is 0.252 e. The average Bonchev–Trinajstić information content (AvgIpc) is 2.90. The highest BCUT2D eigenvalue weighted by Crippen LogP contribution is 2.22. The number of para-hydroxylation sites is 1. The number of pyridine rings is 1. The summed E-state index contributed by atoms with van der Waals surface area (Å²) in [6.07, 6.45) is 0. The van der Waals surface area contributed by atoms with Crippen molar-refractivity contribution in [1.82, 2.24) is 15.5 Å². The van der Waals surface area contributed by atoms with Gasteiger partial charge in [0.15, 0.2) is 0 Å². The molecular formula is C18H20N4O2. The first-order chi connectivity index (χ1) is 11.6. The van der Waals surface area contributed by atoms with Crippen molar-refractivity contribution in [2.45, 2.75) is 27.3 Å². The molecule has 6 nitrogen and oxygen atoms in total. The van der Waals surface area contributed by atoms with Crippen LogP contribution in [-0.2, 0) is 6.54 Å². The maximum absolute atomic E-state index is 12.4. The fourth-order valence-corrected chi connectivity index (χ4v) is 2.64. The van der Waals surface area contributed by atoms with Gasteiger partial charge in [0.2, 0.25) is 0 Å². The van der Waals surface area contributed by atoms with Gasteiger partial charge in [-0.2, -0.15) is 0 Å². The molecule has 24 heavy (non-hydrogen) atoms. The van der Waals surface area contributed by atoms with E-state index in [1.165, 1.54) is 0 Å². The fraction of sp³-hybridized carbons (Fsp3) is 0.278. The Kier molecular flexibility index (Phi) is 4.46. The Hall–Kier alpha value is -2.89. The van der Waals surface area contributed by atoms with Crippen molar-refractivity contribution in [2.24, 2.45) is 0 Å². The molecule has 2 aromatic heterocycles. The zero-order chi connectivity index (χ0) is 17.1. The summed E-state index contributed by atoms with van der Waals surface area (Å²) >= 11 is 0. The van der Waals surface area contributed by atoms with Crippen LogP contribution in [0.4, 0.5) is 5.82 Å². The van der Waals surface area contributed by atoms with Gasteiger partial charge in [0.05, 0.1) is 16.8 Å². The molecule has 2 N–H and O–H groups in total. The van der Waals surface area contributed by atoms with Gasteiger partial charge in [-0.15, -0.1) is 0 Å². The number of hydrogen-bond donors (Lipinski definition) is 2. The second-order valence-corrected chi connectivity index (χ2v) is 5.59. The second-order valence-electron chi connectivity index (χ2n) is 5.59. The fourth-order valence-electron chi connectivity index (χ4n) is 2.64. The number of carbonyl (C=O) groups is 1. The number of carbonyl (C=O) groups excluding carboxylic acids is 1. The molecule has 0 fully saturated rings. The van der Waals surface area contributed by atoms with Gasteiger partial charge in [-0.1, -0.05) is 23.4 Å². The molecule has 0 spiro atoms. The zero-order valence-electron chi connectivity index (χ0n) is 14.0. The summed E-state index contributed by atoms with van der Waals surface area (Å²) in [6.45, 7) is 6.81. The highest BCUT2D eigenvalue weighted by atomic mass is 16.5. The van der Waals surface area contributed by atoms with Crippen LogP contribution in [0.2, 0.25) is 0 Å². The Morgan fingerprint density at radius 2 is 2.04 bits per heavy atom. The Morgan fingerprint density at radius 1 is 1.25 bits per heavy atom. The van der Waals surface area contributed by atoms with Crippen LogP contribution >= 0.6 is 0 Å². The standard InChI is InChI=1S/C18H20N4O2/c1-4-19-18(23)14-9-17(21-16-8-6-5-7-13(14)16)20-10-15-11(2)22-24-12(15)3/h5-9H,4,10H2,1-3H3,(H,19,23)(H,20,21). The summed E-state index contributed by atoms with van der Waals surface area (Å²) in [6, 6.07) is 9.41. The number of hydrogen-bond acceptors (Lipinski definition) is 5. The van der Waals surface area contributed by atoms with Gasteiger partial charge in [0.25, 0.3) is 5.91 Å². The number of aryl methyl sites for hydroxylation is 2. The first kappa shape index (κ1) is 16.0. The summed E-state index contributed by atoms with van der Waals surface area (Å²) in [5, 5.41) is 10.9. The molecular weight excluding hydrogens is 304 g/mol. The maximum Gasteiger partial charge on any atom is 0.252 e. The van der Waals surface area contributed by atoms with Crippen LogP contribution in [0.3, 0.4) is 0 Å². The van der Waals surface area contributed by atoms with Crippen LogP contribution in [0, 0.1) is 13.8 Å². The first-order valence-electron chi connectivity index (χ1n) is 7.93. The van der Waals surface area contributed by atoms with Crippen molar-refractivity contribution in [3.05, 3.63) is 52.9 Å². The van der Waals surface area contributed by atoms with Gasteiger partial charge in [-0.05, 0) is 32.9 Å². The van der Waals surface area contributed by atoms with Crippen LogP contribution in [0.25, 0.3) is 10.9 Å². The lowest BCUT2D eigenvalue weighted by Crippen LogP contribution is -2.23. The van der Waals surface area contributed by atoms with Gasteiger partial charge in [-0.25, -0.2) is 4.98 Å². The molecule has 3 rings (SSSR count). The van der Waals surface area contributed by atoms with E-state index in [0.29, 0.717) is 24.5 Å². The predicted octanol–water partition coefficient (Wildman–Crippen LogP) is 3.20. The molecule has 0 aliphatic heterocycles. The minimum Gasteiger partial charge on any atom is -0.366 e. The van der Waals surface area contributed by atoms with Crippen molar-refractivity contribution in [1.29, 1.82) is 0 Å². The number of anilines is 1. The lowest BCUT2D eigenvalue weighted by molar-refractivity contribution is 0.0957. The molecule has 0 saturated carbocycles. The molecule has 0 unspecified atom stereocenters. The highest BCUT2D eigenvalue weighted by Gasteiger charge is 2.13. The zero-order valence-corrected chi connectivity index (χ0v) is 14.0. The molecule has 6 heteroatoms. The van der Waals surface area contributed by atoms with E-state index < -0.39 is 0 Å². The molecule has 2 heterocycles. The first-order valence-corrected chi connectivity index (χ1v) is 7.93. The van der Waals surface area contributed by atoms with Crippen LogP contribution in [0.15, 0.2) is 34.9 Å². The van der Waals surface area contributed by atoms with E-state index in [-0.39, 0.29) is 5.91 Å². The second kappa shape index (κ2) is 6.70. The van der Waals surface area contributed by atoms with Crippen molar-refractivity contribution in [3.63, 3.8) is 0 Å². The van der Waals surface area contributed by atoms with E-state index >= 15 is 0 Å². The van der Waals surface area contributed by atoms with E-state index in [9.17, 15) is 4.79 Å². The lowest BCUT2D eigenvalue weighted by Gasteiger charge is -2.11. The van der Waals surface area contributed by atoms with Crippen molar-refractivity contribution < 1.29 is 9.32 Å². The predicted molar refractivity (Wildman–Crippen MR) is 93.1 cm³/mol. The number of nitrogens with one attached hydrogen (secondary N) is 2. The summed E-state index contributed by atoms with van der Waals surface area (Å²) in [5.41, 5.74) is 3.25. The average molecular weight is 324 g/mol. The van der Waals surface area contributed by atoms with Crippen LogP contribution < -0.4 is 10.6 Å². The molecule has 1 aromatic carbocycles. The molecule has 0 atom stereocenters. The molecule has 0 saturated heterocycles. The number of amides is 1. The maximum atomic E-state index is 12.4. The van der Waals surface area contributed by atoms with Crippen LogP contribution in [-0.4, -0.2) is 22.6 Å². The molecule has 3 aromatic rings. The van der Waals surface area contributed by atoms with E-state index in [0.717, 1.165) is 27.9 Å². The topological polar surface area (TPSA) is 80.0 Å². The number of benzene rings is 1. The molecule has 124 valence electrons. The van der Waals surface area contributed by atoms with Gasteiger partial charge in [-0.3, -0.25) is 4.79 Å². The molecule has 0 aliphatic rings. The third kappa shape index (κ3) is 3.08. The third-order valence-electron chi connectivity index (χ3n) is 3.93. The number of fused-ring (bicyclic) bond motifs is 1. The van der Waals surface area contributed by atoms with E-state index in [1.807, 2.05) is 45.0 Å². The lowest BCUT2D eigenvalue weighted by atomic mass is 10.1. The molecule has 1 amide bonds. The highest BCUT2D eigenvalue weighted by molar-refractivity contribution is 6.06. The van der Waals surface area contributed by atoms with Crippen molar-refractivity contribution in [3.8, 4) is 0 Å². The number of aromatic nitrogens is 2.